The average Bonchev–Trinajstić information content (AvgIpc) is 3.55. The van der Waals surface area contributed by atoms with E-state index >= 15 is 0 Å². The summed E-state index contributed by atoms with van der Waals surface area (Å²) in [6.45, 7) is -4.45. The lowest BCUT2D eigenvalue weighted by atomic mass is 9.91. The van der Waals surface area contributed by atoms with Gasteiger partial charge in [0.25, 0.3) is 22.7 Å². The van der Waals surface area contributed by atoms with Gasteiger partial charge in [-0.1, -0.05) is 12.1 Å². The summed E-state index contributed by atoms with van der Waals surface area (Å²) in [6, 6.07) is 4.88. The van der Waals surface area contributed by atoms with Gasteiger partial charge in [0.1, 0.15) is 23.0 Å². The molecule has 4 saturated heterocycles. The largest absolute Gasteiger partial charge is 0.496 e. The molecule has 342 valence electrons. The van der Waals surface area contributed by atoms with Gasteiger partial charge in [-0.2, -0.15) is 0 Å². The van der Waals surface area contributed by atoms with E-state index in [-0.39, 0.29) is 67.5 Å². The molecule has 0 unspecified atom stereocenters. The summed E-state index contributed by atoms with van der Waals surface area (Å²) in [6.07, 6.45) is 0. The summed E-state index contributed by atoms with van der Waals surface area (Å²) in [4.78, 5) is 123. The summed E-state index contributed by atoms with van der Waals surface area (Å²) in [7, 11) is 5.44. The quantitative estimate of drug-likeness (QED) is 0.248. The first-order chi connectivity index (χ1) is 31.5. The van der Waals surface area contributed by atoms with Crippen LogP contribution in [0.25, 0.3) is 0 Å². The molecule has 8 amide bonds. The summed E-state index contributed by atoms with van der Waals surface area (Å²) >= 11 is 0. The number of carboxylic acids is 4. The second kappa shape index (κ2) is 12.8. The summed E-state index contributed by atoms with van der Waals surface area (Å²) in [5, 5.41) is 45.4. The molecule has 0 atom stereocenters. The highest BCUT2D eigenvalue weighted by Gasteiger charge is 2.89. The Hall–Kier alpha value is -8.18. The predicted molar refractivity (Wildman–Crippen MR) is 213 cm³/mol. The standard InChI is InChI=1S/C42H38N8O16/c1-63-27-5-6-28(64-2)24-16-48-36(60)44-12-20-10-22-14-46-38(62)50-18-26-25(29(65-3)7-8-30(26)66-4)17-49-37(61)45(40(46,32(53)54)42(49,50)34(57)58)13-21(22)9-19(20)11-43-35(59)47(15-23(24)27)41(48,33(55)56)39(43,44)31(51)52/h5-10H,11-18H2,1-4H3,(H,51,52)(H,53,54)(H,55,56)(H,57,58). The van der Waals surface area contributed by atoms with Gasteiger partial charge in [0.15, 0.2) is 0 Å². The fourth-order valence-electron chi connectivity index (χ4n) is 12.2. The molecule has 8 aliphatic rings. The van der Waals surface area contributed by atoms with Crippen LogP contribution in [0.3, 0.4) is 0 Å². The van der Waals surface area contributed by atoms with Crippen molar-refractivity contribution in [1.82, 2.24) is 39.2 Å². The number of benzene rings is 3. The highest BCUT2D eigenvalue weighted by molar-refractivity contribution is 6.10. The van der Waals surface area contributed by atoms with Crippen molar-refractivity contribution in [3.8, 4) is 23.0 Å². The molecule has 0 aliphatic carbocycles. The van der Waals surface area contributed by atoms with Gasteiger partial charge in [0.05, 0.1) is 80.8 Å². The van der Waals surface area contributed by atoms with Crippen molar-refractivity contribution in [2.24, 2.45) is 0 Å². The maximum absolute atomic E-state index is 15.0. The van der Waals surface area contributed by atoms with Gasteiger partial charge in [-0.25, -0.2) is 38.4 Å². The Balaban J connectivity index is 1.08. The number of nitrogens with zero attached hydrogens (tertiary/aromatic N) is 8. The lowest BCUT2D eigenvalue weighted by Gasteiger charge is -2.42. The number of amides is 8. The predicted octanol–water partition coefficient (Wildman–Crippen LogP) is 1.25. The molecule has 66 heavy (non-hydrogen) atoms. The molecule has 8 aliphatic heterocycles. The monoisotopic (exact) mass is 910 g/mol. The van der Waals surface area contributed by atoms with Crippen molar-refractivity contribution >= 4 is 48.0 Å². The van der Waals surface area contributed by atoms with Crippen molar-refractivity contribution in [3.63, 3.8) is 0 Å². The Morgan fingerprint density at radius 1 is 0.379 bits per heavy atom. The molecule has 3 aromatic rings. The van der Waals surface area contributed by atoms with Gasteiger partial charge in [0.2, 0.25) is 0 Å². The molecule has 0 bridgehead atoms. The molecule has 4 fully saturated rings. The third-order valence-corrected chi connectivity index (χ3v) is 14.8. The van der Waals surface area contributed by atoms with E-state index in [1.807, 2.05) is 0 Å². The van der Waals surface area contributed by atoms with Crippen LogP contribution in [0.15, 0.2) is 36.4 Å². The number of rotatable bonds is 8. The van der Waals surface area contributed by atoms with Gasteiger partial charge in [-0.3, -0.25) is 39.2 Å². The molecule has 4 N–H and O–H groups in total. The van der Waals surface area contributed by atoms with E-state index in [9.17, 15) is 58.8 Å². The number of carboxylic acid groups (broad SMARTS) is 4. The normalized spacial score (nSPS) is 27.2. The lowest BCUT2D eigenvalue weighted by molar-refractivity contribution is -0.184. The third-order valence-electron chi connectivity index (χ3n) is 14.8. The average molecular weight is 911 g/mol. The van der Waals surface area contributed by atoms with Gasteiger partial charge < -0.3 is 39.4 Å². The molecule has 0 radical (unpaired) electrons. The smallest absolute Gasteiger partial charge is 0.356 e. The number of urea groups is 4. The first-order valence-corrected chi connectivity index (χ1v) is 20.4. The van der Waals surface area contributed by atoms with E-state index in [0.717, 1.165) is 39.2 Å². The van der Waals surface area contributed by atoms with Crippen LogP contribution in [-0.4, -0.2) is 159 Å². The Morgan fingerprint density at radius 2 is 0.561 bits per heavy atom. The topological polar surface area (TPSA) is 280 Å². The second-order valence-electron chi connectivity index (χ2n) is 17.0. The highest BCUT2D eigenvalue weighted by atomic mass is 16.5. The Morgan fingerprint density at radius 3 is 0.727 bits per heavy atom. The molecule has 24 nitrogen and oxygen atoms in total. The van der Waals surface area contributed by atoms with E-state index in [1.165, 1.54) is 64.8 Å². The minimum Gasteiger partial charge on any atom is -0.496 e. The van der Waals surface area contributed by atoms with E-state index in [4.69, 9.17) is 18.9 Å². The summed E-state index contributed by atoms with van der Waals surface area (Å²) < 4.78 is 22.3. The molecule has 11 rings (SSSR count). The van der Waals surface area contributed by atoms with Crippen molar-refractivity contribution in [3.05, 3.63) is 80.9 Å². The van der Waals surface area contributed by atoms with Crippen LogP contribution in [0.5, 0.6) is 23.0 Å². The highest BCUT2D eigenvalue weighted by Crippen LogP contribution is 2.60. The van der Waals surface area contributed by atoms with Crippen molar-refractivity contribution in [1.29, 1.82) is 0 Å². The Kier molecular flexibility index (Phi) is 7.84. The van der Waals surface area contributed by atoms with Gasteiger partial charge in [0, 0.05) is 22.3 Å². The Bertz CT molecular complexity index is 2550. The first kappa shape index (κ1) is 40.6. The van der Waals surface area contributed by atoms with Crippen LogP contribution in [0.1, 0.15) is 44.5 Å². The first-order valence-electron chi connectivity index (χ1n) is 20.4. The molecule has 0 spiro atoms. The number of aliphatic carboxylic acids is 4. The maximum Gasteiger partial charge on any atom is 0.356 e. The number of methoxy groups -OCH3 is 4. The molecule has 24 heteroatoms. The second-order valence-corrected chi connectivity index (χ2v) is 17.0. The third kappa shape index (κ3) is 4.04. The molecule has 0 saturated carbocycles. The van der Waals surface area contributed by atoms with Crippen LogP contribution in [0.4, 0.5) is 19.2 Å². The van der Waals surface area contributed by atoms with E-state index in [1.54, 1.807) is 0 Å². The number of carbonyl (C=O) groups excluding carboxylic acids is 4. The number of carbonyl (C=O) groups is 8. The zero-order valence-electron chi connectivity index (χ0n) is 35.4. The number of fused-ring (bicyclic) bond motifs is 4. The summed E-state index contributed by atoms with van der Waals surface area (Å²) in [5.41, 5.74) is -9.57. The fourth-order valence-corrected chi connectivity index (χ4v) is 12.2. The zero-order chi connectivity index (χ0) is 46.9. The molecule has 0 aromatic heterocycles. The van der Waals surface area contributed by atoms with Crippen LogP contribution in [0.2, 0.25) is 0 Å². The molecule has 3 aromatic carbocycles. The van der Waals surface area contributed by atoms with Gasteiger partial charge in [-0.15, -0.1) is 0 Å². The van der Waals surface area contributed by atoms with Crippen molar-refractivity contribution in [2.75, 3.05) is 28.4 Å². The number of hydrogen-bond acceptors (Lipinski definition) is 12. The SMILES string of the molecule is COc1ccc(OC)c2c1CN1C(=O)N3Cc4cc5c(cc4CN4C(=O)N(C2)C1(C(=O)O)C34C(=O)O)CN1C(=O)N2Cc3c(OC)ccc(OC)c3CN3C(=O)N(C5)C1(C(=O)O)C32C(=O)O. The zero-order valence-corrected chi connectivity index (χ0v) is 35.4. The van der Waals surface area contributed by atoms with E-state index < -0.39 is 123 Å². The van der Waals surface area contributed by atoms with Crippen LogP contribution in [0, 0.1) is 0 Å². The fraction of sp³-hybridized carbons (Fsp3) is 0.381. The van der Waals surface area contributed by atoms with Crippen LogP contribution < -0.4 is 18.9 Å². The molecular weight excluding hydrogens is 873 g/mol. The minimum atomic E-state index is -2.89. The lowest BCUT2D eigenvalue weighted by Crippen LogP contribution is -2.74. The summed E-state index contributed by atoms with van der Waals surface area (Å²) in [5.74, 6) is -6.36. The van der Waals surface area contributed by atoms with Gasteiger partial charge in [-0.05, 0) is 46.5 Å². The maximum atomic E-state index is 15.0. The minimum absolute atomic E-state index is 0.202. The van der Waals surface area contributed by atoms with Crippen molar-refractivity contribution in [2.45, 2.75) is 75.0 Å². The number of hydrogen-bond donors (Lipinski definition) is 4. The molecule has 8 heterocycles. The van der Waals surface area contributed by atoms with Crippen molar-refractivity contribution < 1.29 is 77.7 Å². The van der Waals surface area contributed by atoms with Crippen LogP contribution >= 0.6 is 0 Å². The Labute approximate surface area is 371 Å². The number of ether oxygens (including phenoxy) is 4. The van der Waals surface area contributed by atoms with Crippen LogP contribution in [-0.2, 0) is 71.5 Å². The van der Waals surface area contributed by atoms with Gasteiger partial charge >= 0.3 is 48.0 Å². The molecular formula is C42H38N8O16. The van der Waals surface area contributed by atoms with E-state index in [2.05, 4.69) is 0 Å². The van der Waals surface area contributed by atoms with E-state index in [0.29, 0.717) is 0 Å².